The predicted octanol–water partition coefficient (Wildman–Crippen LogP) is 16.3. The Bertz CT molecular complexity index is 3540. The van der Waals surface area contributed by atoms with E-state index in [0.29, 0.717) is 0 Å². The van der Waals surface area contributed by atoms with Gasteiger partial charge in [0.25, 0.3) is 0 Å². The summed E-state index contributed by atoms with van der Waals surface area (Å²) in [6, 6.07) is 75.7. The standard InChI is InChI=1S/C56H35NO2/c1-2-12-36(13-3-1)37-24-26-40(27-25-37)45-34-35-49(55-47-18-7-9-22-51(47)59-56(45)55)57(48-20-10-15-41-29-28-38-14-4-5-16-43(38)53(41)48)42-32-30-39(31-33-42)44-19-11-23-52-54(44)46-17-6-8-21-50(46)58-52/h1-35H. The normalized spacial score (nSPS) is 11.7. The number of fused-ring (bicyclic) bond motifs is 9. The molecule has 0 saturated carbocycles. The summed E-state index contributed by atoms with van der Waals surface area (Å²) in [5.74, 6) is 0. The van der Waals surface area contributed by atoms with E-state index in [9.17, 15) is 0 Å². The molecule has 12 rings (SSSR count). The van der Waals surface area contributed by atoms with E-state index in [1.165, 1.54) is 32.7 Å². The molecule has 0 spiro atoms. The maximum Gasteiger partial charge on any atom is 0.145 e. The quantitative estimate of drug-likeness (QED) is 0.158. The van der Waals surface area contributed by atoms with Gasteiger partial charge in [0.15, 0.2) is 0 Å². The third-order valence-corrected chi connectivity index (χ3v) is 11.9. The molecule has 0 bridgehead atoms. The Morgan fingerprint density at radius 2 is 0.847 bits per heavy atom. The van der Waals surface area contributed by atoms with Crippen LogP contribution < -0.4 is 4.90 Å². The highest BCUT2D eigenvalue weighted by Crippen LogP contribution is 2.49. The molecule has 0 aliphatic heterocycles. The van der Waals surface area contributed by atoms with E-state index in [1.807, 2.05) is 12.1 Å². The van der Waals surface area contributed by atoms with Gasteiger partial charge in [-0.05, 0) is 92.5 Å². The van der Waals surface area contributed by atoms with Crippen LogP contribution in [0.15, 0.2) is 221 Å². The van der Waals surface area contributed by atoms with Crippen LogP contribution >= 0.6 is 0 Å². The fourth-order valence-corrected chi connectivity index (χ4v) is 9.14. The molecular weight excluding hydrogens is 719 g/mol. The molecule has 59 heavy (non-hydrogen) atoms. The van der Waals surface area contributed by atoms with Crippen molar-refractivity contribution < 1.29 is 8.83 Å². The van der Waals surface area contributed by atoms with Crippen LogP contribution in [0.3, 0.4) is 0 Å². The molecule has 3 heteroatoms. The van der Waals surface area contributed by atoms with Gasteiger partial charge >= 0.3 is 0 Å². The molecule has 3 nitrogen and oxygen atoms in total. The summed E-state index contributed by atoms with van der Waals surface area (Å²) >= 11 is 0. The van der Waals surface area contributed by atoms with Crippen LogP contribution in [0.2, 0.25) is 0 Å². The van der Waals surface area contributed by atoms with Crippen LogP contribution in [0.1, 0.15) is 0 Å². The minimum absolute atomic E-state index is 0.858. The predicted molar refractivity (Wildman–Crippen MR) is 247 cm³/mol. The van der Waals surface area contributed by atoms with Crippen molar-refractivity contribution in [3.8, 4) is 33.4 Å². The van der Waals surface area contributed by atoms with Crippen LogP contribution in [0.4, 0.5) is 17.1 Å². The lowest BCUT2D eigenvalue weighted by atomic mass is 9.96. The topological polar surface area (TPSA) is 29.5 Å². The number of anilines is 3. The minimum Gasteiger partial charge on any atom is -0.456 e. The molecule has 0 saturated heterocycles. The lowest BCUT2D eigenvalue weighted by molar-refractivity contribution is 0.669. The van der Waals surface area contributed by atoms with E-state index >= 15 is 0 Å². The number of nitrogens with zero attached hydrogens (tertiary/aromatic N) is 1. The minimum atomic E-state index is 0.858. The smallest absolute Gasteiger partial charge is 0.145 e. The number of furan rings is 2. The third-order valence-electron chi connectivity index (χ3n) is 11.9. The first kappa shape index (κ1) is 33.3. The van der Waals surface area contributed by atoms with Crippen molar-refractivity contribution in [3.05, 3.63) is 212 Å². The zero-order chi connectivity index (χ0) is 38.9. The summed E-state index contributed by atoms with van der Waals surface area (Å²) in [5, 5.41) is 9.20. The Kier molecular flexibility index (Phi) is 7.54. The van der Waals surface area contributed by atoms with E-state index in [2.05, 4.69) is 205 Å². The lowest BCUT2D eigenvalue weighted by Gasteiger charge is -2.28. The van der Waals surface area contributed by atoms with E-state index in [-0.39, 0.29) is 0 Å². The number of benzene rings is 10. The molecule has 0 unspecified atom stereocenters. The van der Waals surface area contributed by atoms with Gasteiger partial charge in [0.1, 0.15) is 22.3 Å². The largest absolute Gasteiger partial charge is 0.456 e. The average Bonchev–Trinajstić information content (AvgIpc) is 3.89. The molecule has 0 radical (unpaired) electrons. The molecule has 0 aliphatic rings. The van der Waals surface area contributed by atoms with Gasteiger partial charge in [-0.25, -0.2) is 0 Å². The second-order valence-corrected chi connectivity index (χ2v) is 15.2. The molecule has 0 atom stereocenters. The number of rotatable bonds is 6. The van der Waals surface area contributed by atoms with Gasteiger partial charge < -0.3 is 13.7 Å². The van der Waals surface area contributed by atoms with Gasteiger partial charge in [-0.3, -0.25) is 0 Å². The summed E-state index contributed by atoms with van der Waals surface area (Å²) in [4.78, 5) is 2.43. The van der Waals surface area contributed by atoms with Crippen molar-refractivity contribution in [2.45, 2.75) is 0 Å². The fourth-order valence-electron chi connectivity index (χ4n) is 9.14. The average molecular weight is 754 g/mol. The summed E-state index contributed by atoms with van der Waals surface area (Å²) in [6.45, 7) is 0. The van der Waals surface area contributed by atoms with E-state index in [4.69, 9.17) is 8.83 Å². The Morgan fingerprint density at radius 1 is 0.288 bits per heavy atom. The van der Waals surface area contributed by atoms with E-state index in [1.54, 1.807) is 0 Å². The van der Waals surface area contributed by atoms with Gasteiger partial charge in [0.05, 0.1) is 16.8 Å². The van der Waals surface area contributed by atoms with Crippen molar-refractivity contribution in [1.82, 2.24) is 0 Å². The molecule has 0 fully saturated rings. The summed E-state index contributed by atoms with van der Waals surface area (Å²) in [7, 11) is 0. The molecule has 12 aromatic rings. The van der Waals surface area contributed by atoms with Gasteiger partial charge in [-0.1, -0.05) is 164 Å². The second-order valence-electron chi connectivity index (χ2n) is 15.2. The lowest BCUT2D eigenvalue weighted by Crippen LogP contribution is -2.11. The first-order valence-corrected chi connectivity index (χ1v) is 20.1. The highest BCUT2D eigenvalue weighted by atomic mass is 16.3. The highest BCUT2D eigenvalue weighted by molar-refractivity contribution is 6.20. The molecule has 0 N–H and O–H groups in total. The Balaban J connectivity index is 1.10. The Morgan fingerprint density at radius 3 is 1.66 bits per heavy atom. The first-order valence-electron chi connectivity index (χ1n) is 20.1. The van der Waals surface area contributed by atoms with Crippen molar-refractivity contribution >= 4 is 82.5 Å². The highest BCUT2D eigenvalue weighted by Gasteiger charge is 2.24. The molecular formula is C56H35NO2. The van der Waals surface area contributed by atoms with E-state index < -0.39 is 0 Å². The molecule has 276 valence electrons. The maximum atomic E-state index is 6.88. The van der Waals surface area contributed by atoms with Crippen molar-refractivity contribution in [1.29, 1.82) is 0 Å². The summed E-state index contributed by atoms with van der Waals surface area (Å²) in [6.07, 6.45) is 0. The van der Waals surface area contributed by atoms with Crippen molar-refractivity contribution in [3.63, 3.8) is 0 Å². The van der Waals surface area contributed by atoms with Crippen molar-refractivity contribution in [2.24, 2.45) is 0 Å². The second kappa shape index (κ2) is 13.4. The van der Waals surface area contributed by atoms with Gasteiger partial charge in [-0.15, -0.1) is 0 Å². The zero-order valence-corrected chi connectivity index (χ0v) is 32.0. The molecule has 2 aromatic heterocycles. The monoisotopic (exact) mass is 753 g/mol. The van der Waals surface area contributed by atoms with Crippen LogP contribution in [0, 0.1) is 0 Å². The van der Waals surface area contributed by atoms with Crippen molar-refractivity contribution in [2.75, 3.05) is 4.90 Å². The van der Waals surface area contributed by atoms with Crippen LogP contribution in [0.25, 0.3) is 98.8 Å². The van der Waals surface area contributed by atoms with Crippen LogP contribution in [0.5, 0.6) is 0 Å². The summed E-state index contributed by atoms with van der Waals surface area (Å²) in [5.41, 5.74) is 13.5. The molecule has 0 amide bonds. The maximum absolute atomic E-state index is 6.88. The van der Waals surface area contributed by atoms with E-state index in [0.717, 1.165) is 83.2 Å². The Hall–Kier alpha value is -7.88. The zero-order valence-electron chi connectivity index (χ0n) is 32.0. The molecule has 0 aliphatic carbocycles. The van der Waals surface area contributed by atoms with Crippen LogP contribution in [-0.4, -0.2) is 0 Å². The molecule has 2 heterocycles. The Labute approximate surface area is 340 Å². The van der Waals surface area contributed by atoms with Gasteiger partial charge in [0.2, 0.25) is 0 Å². The summed E-state index contributed by atoms with van der Waals surface area (Å²) < 4.78 is 13.2. The number of hydrogen-bond donors (Lipinski definition) is 0. The fraction of sp³-hybridized carbons (Fsp3) is 0. The SMILES string of the molecule is c1ccc(-c2ccc(-c3ccc(N(c4ccc(-c5cccc6oc7ccccc7c56)cc4)c4cccc5ccc6ccccc6c45)c4c3oc3ccccc34)cc2)cc1. The van der Waals surface area contributed by atoms with Gasteiger partial charge in [0, 0.05) is 32.8 Å². The third kappa shape index (κ3) is 5.36. The molecule has 10 aromatic carbocycles. The van der Waals surface area contributed by atoms with Gasteiger partial charge in [-0.2, -0.15) is 0 Å². The number of para-hydroxylation sites is 2. The first-order chi connectivity index (χ1) is 29.3. The van der Waals surface area contributed by atoms with Crippen LogP contribution in [-0.2, 0) is 0 Å². The number of hydrogen-bond acceptors (Lipinski definition) is 3.